The first kappa shape index (κ1) is 21.8. The lowest BCUT2D eigenvalue weighted by atomic mass is 10.1. The summed E-state index contributed by atoms with van der Waals surface area (Å²) in [5.41, 5.74) is 1.04. The lowest BCUT2D eigenvalue weighted by Gasteiger charge is -2.10. The fraction of sp³-hybridized carbons (Fsp3) is 0.0909. The van der Waals surface area contributed by atoms with E-state index in [1.54, 1.807) is 12.1 Å². The average Bonchev–Trinajstić information content (AvgIpc) is 2.72. The van der Waals surface area contributed by atoms with Crippen LogP contribution < -0.4 is 15.4 Å². The number of anilines is 2. The molecule has 0 atom stereocenters. The molecule has 0 aliphatic heterocycles. The SMILES string of the molecule is O=C(Nc1cccc(C(=O)Nc2cccc(F)c2)c1)c1ccc(OCC(F)(F)F)cc1. The van der Waals surface area contributed by atoms with Gasteiger partial charge in [0.15, 0.2) is 6.61 Å². The zero-order chi connectivity index (χ0) is 22.4. The second kappa shape index (κ2) is 9.29. The quantitative estimate of drug-likeness (QED) is 0.522. The molecular formula is C22H16F4N2O3. The molecule has 3 rings (SSSR count). The predicted octanol–water partition coefficient (Wildman–Crippen LogP) is 5.27. The number of hydrogen-bond acceptors (Lipinski definition) is 3. The fourth-order valence-corrected chi connectivity index (χ4v) is 2.58. The van der Waals surface area contributed by atoms with Gasteiger partial charge in [-0.1, -0.05) is 12.1 Å². The van der Waals surface area contributed by atoms with Crippen molar-refractivity contribution in [2.24, 2.45) is 0 Å². The van der Waals surface area contributed by atoms with Gasteiger partial charge in [-0.15, -0.1) is 0 Å². The van der Waals surface area contributed by atoms with E-state index in [4.69, 9.17) is 0 Å². The minimum absolute atomic E-state index is 0.0232. The van der Waals surface area contributed by atoms with Crippen molar-refractivity contribution in [2.45, 2.75) is 6.18 Å². The number of ether oxygens (including phenoxy) is 1. The predicted molar refractivity (Wildman–Crippen MR) is 107 cm³/mol. The maximum Gasteiger partial charge on any atom is 0.422 e. The molecule has 0 aromatic heterocycles. The highest BCUT2D eigenvalue weighted by molar-refractivity contribution is 6.07. The molecule has 0 spiro atoms. The van der Waals surface area contributed by atoms with Crippen LogP contribution in [0.25, 0.3) is 0 Å². The molecule has 160 valence electrons. The fourth-order valence-electron chi connectivity index (χ4n) is 2.58. The van der Waals surface area contributed by atoms with Crippen LogP contribution in [0.3, 0.4) is 0 Å². The molecule has 0 aliphatic rings. The van der Waals surface area contributed by atoms with E-state index >= 15 is 0 Å². The van der Waals surface area contributed by atoms with E-state index < -0.39 is 30.4 Å². The zero-order valence-corrected chi connectivity index (χ0v) is 15.9. The van der Waals surface area contributed by atoms with Crippen LogP contribution in [-0.2, 0) is 0 Å². The second-order valence-electron chi connectivity index (χ2n) is 6.43. The van der Waals surface area contributed by atoms with Crippen molar-refractivity contribution in [3.63, 3.8) is 0 Å². The highest BCUT2D eigenvalue weighted by Crippen LogP contribution is 2.20. The summed E-state index contributed by atoms with van der Waals surface area (Å²) in [4.78, 5) is 24.7. The molecule has 3 aromatic carbocycles. The molecule has 2 amide bonds. The summed E-state index contributed by atoms with van der Waals surface area (Å²) in [6, 6.07) is 16.7. The first-order valence-electron chi connectivity index (χ1n) is 8.97. The van der Waals surface area contributed by atoms with Gasteiger partial charge in [-0.3, -0.25) is 9.59 Å². The first-order chi connectivity index (χ1) is 14.7. The summed E-state index contributed by atoms with van der Waals surface area (Å²) in [7, 11) is 0. The largest absolute Gasteiger partial charge is 0.484 e. The third-order valence-electron chi connectivity index (χ3n) is 3.98. The summed E-state index contributed by atoms with van der Waals surface area (Å²) in [6.07, 6.45) is -4.46. The molecule has 0 aliphatic carbocycles. The minimum atomic E-state index is -4.46. The number of alkyl halides is 3. The van der Waals surface area contributed by atoms with Crippen LogP contribution in [0.15, 0.2) is 72.8 Å². The van der Waals surface area contributed by atoms with E-state index in [0.717, 1.165) is 0 Å². The van der Waals surface area contributed by atoms with Gasteiger partial charge in [-0.05, 0) is 60.7 Å². The van der Waals surface area contributed by atoms with E-state index in [-0.39, 0.29) is 22.6 Å². The number of amides is 2. The van der Waals surface area contributed by atoms with Crippen LogP contribution in [0, 0.1) is 5.82 Å². The standard InChI is InChI=1S/C22H16F4N2O3/c23-16-4-2-6-18(12-16)28-21(30)15-3-1-5-17(11-15)27-20(29)14-7-9-19(10-8-14)31-13-22(24,25)26/h1-12H,13H2,(H,27,29)(H,28,30). The van der Waals surface area contributed by atoms with E-state index in [2.05, 4.69) is 15.4 Å². The number of hydrogen-bond donors (Lipinski definition) is 2. The molecular weight excluding hydrogens is 416 g/mol. The minimum Gasteiger partial charge on any atom is -0.484 e. The van der Waals surface area contributed by atoms with E-state index in [9.17, 15) is 27.2 Å². The summed E-state index contributed by atoms with van der Waals surface area (Å²) in [5, 5.41) is 5.16. The molecule has 0 bridgehead atoms. The van der Waals surface area contributed by atoms with Crippen LogP contribution in [0.4, 0.5) is 28.9 Å². The first-order valence-corrected chi connectivity index (χ1v) is 8.97. The van der Waals surface area contributed by atoms with Crippen LogP contribution in [0.1, 0.15) is 20.7 Å². The van der Waals surface area contributed by atoms with Crippen molar-refractivity contribution in [1.82, 2.24) is 0 Å². The van der Waals surface area contributed by atoms with E-state index in [1.165, 1.54) is 60.7 Å². The van der Waals surface area contributed by atoms with Gasteiger partial charge in [0.2, 0.25) is 0 Å². The summed E-state index contributed by atoms with van der Waals surface area (Å²) in [6.45, 7) is -1.43. The zero-order valence-electron chi connectivity index (χ0n) is 15.9. The van der Waals surface area contributed by atoms with Crippen molar-refractivity contribution < 1.29 is 31.9 Å². The molecule has 2 N–H and O–H groups in total. The average molecular weight is 432 g/mol. The Labute approximate surface area is 174 Å². The van der Waals surface area contributed by atoms with Crippen molar-refractivity contribution in [3.05, 3.63) is 89.7 Å². The van der Waals surface area contributed by atoms with Crippen LogP contribution in [0.5, 0.6) is 5.75 Å². The molecule has 0 saturated heterocycles. The lowest BCUT2D eigenvalue weighted by Crippen LogP contribution is -2.19. The van der Waals surface area contributed by atoms with Gasteiger partial charge in [0.25, 0.3) is 11.8 Å². The normalized spacial score (nSPS) is 11.0. The number of benzene rings is 3. The Balaban J connectivity index is 1.63. The van der Waals surface area contributed by atoms with Crippen molar-refractivity contribution >= 4 is 23.2 Å². The Morgan fingerprint density at radius 3 is 1.97 bits per heavy atom. The monoisotopic (exact) mass is 432 g/mol. The molecule has 0 fully saturated rings. The molecule has 9 heteroatoms. The van der Waals surface area contributed by atoms with Gasteiger partial charge in [-0.2, -0.15) is 13.2 Å². The van der Waals surface area contributed by atoms with Crippen molar-refractivity contribution in [2.75, 3.05) is 17.2 Å². The highest BCUT2D eigenvalue weighted by atomic mass is 19.4. The molecule has 0 radical (unpaired) electrons. The summed E-state index contributed by atoms with van der Waals surface area (Å²) >= 11 is 0. The third kappa shape index (κ3) is 6.56. The number of halogens is 4. The maximum atomic E-state index is 13.3. The topological polar surface area (TPSA) is 67.4 Å². The Bertz CT molecular complexity index is 1080. The second-order valence-corrected chi connectivity index (χ2v) is 6.43. The number of carbonyl (C=O) groups excluding carboxylic acids is 2. The van der Waals surface area contributed by atoms with Crippen LogP contribution in [-0.4, -0.2) is 24.6 Å². The molecule has 0 heterocycles. The third-order valence-corrected chi connectivity index (χ3v) is 3.98. The van der Waals surface area contributed by atoms with Gasteiger partial charge >= 0.3 is 6.18 Å². The Hall–Kier alpha value is -3.88. The molecule has 31 heavy (non-hydrogen) atoms. The van der Waals surface area contributed by atoms with Gasteiger partial charge < -0.3 is 15.4 Å². The highest BCUT2D eigenvalue weighted by Gasteiger charge is 2.28. The summed E-state index contributed by atoms with van der Waals surface area (Å²) < 4.78 is 54.4. The number of nitrogens with one attached hydrogen (secondary N) is 2. The smallest absolute Gasteiger partial charge is 0.422 e. The molecule has 0 unspecified atom stereocenters. The Morgan fingerprint density at radius 2 is 1.35 bits per heavy atom. The van der Waals surface area contributed by atoms with E-state index in [1.807, 2.05) is 0 Å². The molecule has 3 aromatic rings. The van der Waals surface area contributed by atoms with Gasteiger partial charge in [-0.25, -0.2) is 4.39 Å². The number of rotatable bonds is 6. The molecule has 0 saturated carbocycles. The van der Waals surface area contributed by atoms with E-state index in [0.29, 0.717) is 5.69 Å². The van der Waals surface area contributed by atoms with Gasteiger partial charge in [0.05, 0.1) is 0 Å². The van der Waals surface area contributed by atoms with Crippen molar-refractivity contribution in [1.29, 1.82) is 0 Å². The van der Waals surface area contributed by atoms with Crippen molar-refractivity contribution in [3.8, 4) is 5.75 Å². The summed E-state index contributed by atoms with van der Waals surface area (Å²) in [5.74, 6) is -1.53. The maximum absolute atomic E-state index is 13.3. The lowest BCUT2D eigenvalue weighted by molar-refractivity contribution is -0.153. The van der Waals surface area contributed by atoms with Crippen LogP contribution >= 0.6 is 0 Å². The molecule has 5 nitrogen and oxygen atoms in total. The van der Waals surface area contributed by atoms with Gasteiger partial charge in [0.1, 0.15) is 11.6 Å². The Kier molecular flexibility index (Phi) is 6.54. The number of carbonyl (C=O) groups is 2. The Morgan fingerprint density at radius 1 is 0.774 bits per heavy atom. The van der Waals surface area contributed by atoms with Crippen LogP contribution in [0.2, 0.25) is 0 Å². The van der Waals surface area contributed by atoms with Gasteiger partial charge in [0, 0.05) is 22.5 Å².